The number of nitrogens with zero attached hydrogens (tertiary/aromatic N) is 2. The molecule has 0 bridgehead atoms. The van der Waals surface area contributed by atoms with E-state index in [-0.39, 0.29) is 11.3 Å². The maximum atomic E-state index is 11.6. The van der Waals surface area contributed by atoms with E-state index in [1.807, 2.05) is 11.4 Å². The summed E-state index contributed by atoms with van der Waals surface area (Å²) in [4.78, 5) is 18.8. The minimum atomic E-state index is -0.391. The van der Waals surface area contributed by atoms with E-state index in [4.69, 9.17) is 5.26 Å². The zero-order chi connectivity index (χ0) is 15.7. The number of thiazole rings is 1. The number of aromatic amines is 1. The van der Waals surface area contributed by atoms with Crippen LogP contribution in [-0.4, -0.2) is 15.1 Å². The lowest BCUT2D eigenvalue weighted by Gasteiger charge is -2.02. The van der Waals surface area contributed by atoms with Gasteiger partial charge in [0.15, 0.2) is 0 Å². The fourth-order valence-corrected chi connectivity index (χ4v) is 2.93. The Balaban J connectivity index is 2.06. The summed E-state index contributed by atoms with van der Waals surface area (Å²) in [7, 11) is 0. The third-order valence-electron chi connectivity index (χ3n) is 3.25. The molecular weight excluding hydrogens is 298 g/mol. The Morgan fingerprint density at radius 1 is 1.32 bits per heavy atom. The molecule has 5 nitrogen and oxygen atoms in total. The first kappa shape index (κ1) is 14.0. The molecule has 2 N–H and O–H groups in total. The zero-order valence-corrected chi connectivity index (χ0v) is 12.4. The van der Waals surface area contributed by atoms with Gasteiger partial charge in [-0.15, -0.1) is 11.3 Å². The quantitative estimate of drug-likeness (QED) is 0.761. The Bertz CT molecular complexity index is 933. The summed E-state index contributed by atoms with van der Waals surface area (Å²) in [6.07, 6.45) is 0. The van der Waals surface area contributed by atoms with E-state index in [0.717, 1.165) is 16.1 Å². The highest BCUT2D eigenvalue weighted by Crippen LogP contribution is 2.30. The number of phenolic OH excluding ortho intramolecular Hbond substituents is 1. The van der Waals surface area contributed by atoms with Gasteiger partial charge in [-0.2, -0.15) is 5.26 Å². The molecule has 0 amide bonds. The van der Waals surface area contributed by atoms with E-state index < -0.39 is 5.56 Å². The Kier molecular flexibility index (Phi) is 3.49. The molecule has 2 heterocycles. The van der Waals surface area contributed by atoms with Crippen LogP contribution < -0.4 is 5.56 Å². The number of nitrogens with one attached hydrogen (secondary N) is 1. The molecule has 0 fully saturated rings. The van der Waals surface area contributed by atoms with Crippen molar-refractivity contribution in [2.75, 3.05) is 0 Å². The van der Waals surface area contributed by atoms with Crippen LogP contribution in [0.15, 0.2) is 40.5 Å². The van der Waals surface area contributed by atoms with Gasteiger partial charge in [-0.3, -0.25) is 4.79 Å². The lowest BCUT2D eigenvalue weighted by atomic mass is 10.1. The van der Waals surface area contributed by atoms with Crippen LogP contribution in [0.1, 0.15) is 11.3 Å². The van der Waals surface area contributed by atoms with Crippen LogP contribution in [-0.2, 0) is 0 Å². The monoisotopic (exact) mass is 309 g/mol. The van der Waals surface area contributed by atoms with Crippen molar-refractivity contribution in [3.05, 3.63) is 57.3 Å². The molecule has 0 saturated carbocycles. The largest absolute Gasteiger partial charge is 0.508 e. The van der Waals surface area contributed by atoms with Crippen molar-refractivity contribution in [1.29, 1.82) is 5.26 Å². The highest BCUT2D eigenvalue weighted by molar-refractivity contribution is 7.13. The topological polar surface area (TPSA) is 89.8 Å². The molecule has 0 aliphatic heterocycles. The third kappa shape index (κ3) is 2.50. The summed E-state index contributed by atoms with van der Waals surface area (Å²) in [6.45, 7) is 1.78. The number of rotatable bonds is 2. The van der Waals surface area contributed by atoms with Gasteiger partial charge in [0, 0.05) is 22.2 Å². The van der Waals surface area contributed by atoms with Crippen LogP contribution in [0, 0.1) is 18.3 Å². The summed E-state index contributed by atoms with van der Waals surface area (Å²) < 4.78 is 0. The van der Waals surface area contributed by atoms with E-state index in [0.29, 0.717) is 11.4 Å². The number of benzene rings is 1. The molecule has 1 aromatic carbocycles. The standard InChI is InChI=1S/C16H11N3O2S/c1-9-13(6-11(7-17)15(21)18-9)14-8-22-16(19-14)10-2-4-12(20)5-3-10/h2-6,8,20H,1H3,(H,18,21). The first-order valence-electron chi connectivity index (χ1n) is 6.48. The average Bonchev–Trinajstić information content (AvgIpc) is 2.98. The first-order valence-corrected chi connectivity index (χ1v) is 7.36. The van der Waals surface area contributed by atoms with Gasteiger partial charge in [0.05, 0.1) is 5.69 Å². The Hall–Kier alpha value is -2.91. The second kappa shape index (κ2) is 5.47. The smallest absolute Gasteiger partial charge is 0.266 e. The van der Waals surface area contributed by atoms with Crippen molar-refractivity contribution >= 4 is 11.3 Å². The van der Waals surface area contributed by atoms with Gasteiger partial charge >= 0.3 is 0 Å². The molecule has 6 heteroatoms. The summed E-state index contributed by atoms with van der Waals surface area (Å²) in [5.41, 5.74) is 2.69. The number of aromatic hydroxyl groups is 1. The molecule has 0 radical (unpaired) electrons. The van der Waals surface area contributed by atoms with E-state index in [9.17, 15) is 9.90 Å². The van der Waals surface area contributed by atoms with E-state index >= 15 is 0 Å². The fraction of sp³-hybridized carbons (Fsp3) is 0.0625. The fourth-order valence-electron chi connectivity index (χ4n) is 2.11. The van der Waals surface area contributed by atoms with E-state index in [2.05, 4.69) is 9.97 Å². The van der Waals surface area contributed by atoms with Gasteiger partial charge in [0.1, 0.15) is 22.4 Å². The normalized spacial score (nSPS) is 10.4. The molecule has 0 unspecified atom stereocenters. The van der Waals surface area contributed by atoms with Gasteiger partial charge in [-0.1, -0.05) is 0 Å². The number of hydrogen-bond donors (Lipinski definition) is 2. The van der Waals surface area contributed by atoms with Crippen LogP contribution in [0.3, 0.4) is 0 Å². The van der Waals surface area contributed by atoms with E-state index in [1.54, 1.807) is 37.3 Å². The molecule has 0 saturated heterocycles. The maximum absolute atomic E-state index is 11.6. The van der Waals surface area contributed by atoms with Crippen LogP contribution in [0.2, 0.25) is 0 Å². The highest BCUT2D eigenvalue weighted by Gasteiger charge is 2.12. The number of aromatic nitrogens is 2. The van der Waals surface area contributed by atoms with Gasteiger partial charge < -0.3 is 10.1 Å². The SMILES string of the molecule is Cc1[nH]c(=O)c(C#N)cc1-c1csc(-c2ccc(O)cc2)n1. The molecular formula is C16H11N3O2S. The molecule has 0 aliphatic carbocycles. The lowest BCUT2D eigenvalue weighted by molar-refractivity contribution is 0.475. The van der Waals surface area contributed by atoms with Crippen molar-refractivity contribution in [3.63, 3.8) is 0 Å². The number of hydrogen-bond acceptors (Lipinski definition) is 5. The van der Waals surface area contributed by atoms with Crippen molar-refractivity contribution in [2.45, 2.75) is 6.92 Å². The molecule has 3 aromatic rings. The number of pyridine rings is 1. The van der Waals surface area contributed by atoms with Gasteiger partial charge in [0.2, 0.25) is 0 Å². The molecule has 108 valence electrons. The molecule has 0 atom stereocenters. The van der Waals surface area contributed by atoms with Gasteiger partial charge in [-0.05, 0) is 37.3 Å². The molecule has 0 aliphatic rings. The second-order valence-corrected chi connectivity index (χ2v) is 5.61. The average molecular weight is 309 g/mol. The molecule has 2 aromatic heterocycles. The zero-order valence-electron chi connectivity index (χ0n) is 11.6. The van der Waals surface area contributed by atoms with Crippen molar-refractivity contribution in [1.82, 2.24) is 9.97 Å². The predicted molar refractivity (Wildman–Crippen MR) is 84.7 cm³/mol. The number of aryl methyl sites for hydroxylation is 1. The Labute approximate surface area is 130 Å². The number of H-pyrrole nitrogens is 1. The number of phenols is 1. The first-order chi connectivity index (χ1) is 10.6. The summed E-state index contributed by atoms with van der Waals surface area (Å²) in [5, 5.41) is 21.0. The second-order valence-electron chi connectivity index (χ2n) is 4.75. The van der Waals surface area contributed by atoms with Gasteiger partial charge in [0.25, 0.3) is 5.56 Å². The molecule has 0 spiro atoms. The van der Waals surface area contributed by atoms with Crippen molar-refractivity contribution < 1.29 is 5.11 Å². The minimum absolute atomic E-state index is 0.0692. The summed E-state index contributed by atoms with van der Waals surface area (Å²) >= 11 is 1.46. The van der Waals surface area contributed by atoms with Gasteiger partial charge in [-0.25, -0.2) is 4.98 Å². The van der Waals surface area contributed by atoms with E-state index in [1.165, 1.54) is 11.3 Å². The van der Waals surface area contributed by atoms with Crippen LogP contribution in [0.4, 0.5) is 0 Å². The lowest BCUT2D eigenvalue weighted by Crippen LogP contribution is -2.11. The van der Waals surface area contributed by atoms with Crippen molar-refractivity contribution in [2.24, 2.45) is 0 Å². The Morgan fingerprint density at radius 3 is 2.73 bits per heavy atom. The van der Waals surface area contributed by atoms with Crippen LogP contribution >= 0.6 is 11.3 Å². The van der Waals surface area contributed by atoms with Crippen LogP contribution in [0.5, 0.6) is 5.75 Å². The Morgan fingerprint density at radius 2 is 2.05 bits per heavy atom. The van der Waals surface area contributed by atoms with Crippen molar-refractivity contribution in [3.8, 4) is 33.6 Å². The third-order valence-corrected chi connectivity index (χ3v) is 4.14. The van der Waals surface area contributed by atoms with Crippen LogP contribution in [0.25, 0.3) is 21.8 Å². The predicted octanol–water partition coefficient (Wildman–Crippen LogP) is 3.05. The summed E-state index contributed by atoms with van der Waals surface area (Å²) in [6, 6.07) is 10.2. The number of nitriles is 1. The summed E-state index contributed by atoms with van der Waals surface area (Å²) in [5.74, 6) is 0.204. The molecule has 22 heavy (non-hydrogen) atoms. The molecule has 3 rings (SSSR count). The minimum Gasteiger partial charge on any atom is -0.508 e. The maximum Gasteiger partial charge on any atom is 0.266 e. The highest BCUT2D eigenvalue weighted by atomic mass is 32.1.